The molecule has 0 aliphatic rings. The van der Waals surface area contributed by atoms with Crippen molar-refractivity contribution >= 4 is 55.9 Å². The molecule has 0 amide bonds. The molecule has 0 saturated heterocycles. The van der Waals surface area contributed by atoms with E-state index in [1.165, 1.54) is 6.92 Å². The maximum absolute atomic E-state index is 11.1. The van der Waals surface area contributed by atoms with Crippen LogP contribution in [0.4, 0.5) is 0 Å². The smallest absolute Gasteiger partial charge is 0.161 e. The van der Waals surface area contributed by atoms with Crippen LogP contribution < -0.4 is 0 Å². The molecule has 1 nitrogen and oxygen atoms in total. The van der Waals surface area contributed by atoms with E-state index < -0.39 is 0 Å². The number of hydrogen-bond donors (Lipinski definition) is 0. The van der Waals surface area contributed by atoms with Gasteiger partial charge in [0.1, 0.15) is 0 Å². The highest BCUT2D eigenvalue weighted by Gasteiger charge is 2.09. The molecular weight excluding hydrogens is 354 g/mol. The molecule has 0 aromatic heterocycles. The number of carbonyl (C=O) groups is 1. The van der Waals surface area contributed by atoms with Gasteiger partial charge in [0.2, 0.25) is 0 Å². The quantitative estimate of drug-likeness (QED) is 0.422. The summed E-state index contributed by atoms with van der Waals surface area (Å²) in [5.74, 6) is 0.0160. The van der Waals surface area contributed by atoms with Gasteiger partial charge in [-0.25, -0.2) is 0 Å². The SMILES string of the molecule is CC(=O)c1cc(I)cc(Cl)c1Br. The van der Waals surface area contributed by atoms with Crippen molar-refractivity contribution in [2.45, 2.75) is 6.92 Å². The second-order valence-electron chi connectivity index (χ2n) is 2.31. The van der Waals surface area contributed by atoms with Crippen LogP contribution in [0.1, 0.15) is 17.3 Å². The number of benzene rings is 1. The summed E-state index contributed by atoms with van der Waals surface area (Å²) in [5.41, 5.74) is 0.631. The van der Waals surface area contributed by atoms with Crippen LogP contribution in [0, 0.1) is 3.57 Å². The molecule has 1 aromatic rings. The number of halogens is 3. The molecule has 0 bridgehead atoms. The van der Waals surface area contributed by atoms with Gasteiger partial charge >= 0.3 is 0 Å². The molecule has 0 aliphatic heterocycles. The molecule has 0 radical (unpaired) electrons. The maximum Gasteiger partial charge on any atom is 0.161 e. The number of rotatable bonds is 1. The fourth-order valence-corrected chi connectivity index (χ4v) is 2.35. The Morgan fingerprint density at radius 3 is 2.67 bits per heavy atom. The molecule has 0 atom stereocenters. The summed E-state index contributed by atoms with van der Waals surface area (Å²) in [6, 6.07) is 3.61. The van der Waals surface area contributed by atoms with Gasteiger partial charge in [0.15, 0.2) is 5.78 Å². The molecule has 0 unspecified atom stereocenters. The Hall–Kier alpha value is 0.390. The van der Waals surface area contributed by atoms with Crippen molar-refractivity contribution in [2.24, 2.45) is 0 Å². The van der Waals surface area contributed by atoms with Gasteiger partial charge in [0.25, 0.3) is 0 Å². The van der Waals surface area contributed by atoms with Crippen molar-refractivity contribution in [1.29, 1.82) is 0 Å². The number of hydrogen-bond acceptors (Lipinski definition) is 1. The standard InChI is InChI=1S/C8H5BrClIO/c1-4(12)6-2-5(11)3-7(10)8(6)9/h2-3H,1H3. The van der Waals surface area contributed by atoms with Gasteiger partial charge in [-0.2, -0.15) is 0 Å². The Morgan fingerprint density at radius 1 is 1.58 bits per heavy atom. The fourth-order valence-electron chi connectivity index (χ4n) is 0.812. The first-order valence-corrected chi connectivity index (χ1v) is 5.43. The highest BCUT2D eigenvalue weighted by atomic mass is 127. The Bertz CT molecular complexity index is 338. The normalized spacial score (nSPS) is 10.0. The van der Waals surface area contributed by atoms with Crippen LogP contribution in [0.5, 0.6) is 0 Å². The third-order valence-electron chi connectivity index (χ3n) is 1.37. The van der Waals surface area contributed by atoms with Crippen LogP contribution in [-0.4, -0.2) is 5.78 Å². The van der Waals surface area contributed by atoms with E-state index in [2.05, 4.69) is 38.5 Å². The number of Topliss-reactive ketones (excluding diaryl/α,β-unsaturated/α-hetero) is 1. The maximum atomic E-state index is 11.1. The molecule has 64 valence electrons. The van der Waals surface area contributed by atoms with Gasteiger partial charge in [-0.1, -0.05) is 11.6 Å². The summed E-state index contributed by atoms with van der Waals surface area (Å²) in [6.45, 7) is 1.52. The van der Waals surface area contributed by atoms with Crippen molar-refractivity contribution in [1.82, 2.24) is 0 Å². The van der Waals surface area contributed by atoms with Gasteiger partial charge in [-0.15, -0.1) is 0 Å². The largest absolute Gasteiger partial charge is 0.294 e. The highest BCUT2D eigenvalue weighted by Crippen LogP contribution is 2.28. The summed E-state index contributed by atoms with van der Waals surface area (Å²) in [6.07, 6.45) is 0. The second-order valence-corrected chi connectivity index (χ2v) is 4.75. The van der Waals surface area contributed by atoms with E-state index in [1.54, 1.807) is 12.1 Å². The summed E-state index contributed by atoms with van der Waals surface area (Å²) in [5, 5.41) is 0.576. The zero-order valence-corrected chi connectivity index (χ0v) is 10.7. The predicted molar refractivity (Wildman–Crippen MR) is 61.9 cm³/mol. The third-order valence-corrected chi connectivity index (χ3v) is 3.38. The molecule has 1 rings (SSSR count). The Balaban J connectivity index is 3.37. The van der Waals surface area contributed by atoms with Gasteiger partial charge in [0.05, 0.1) is 5.02 Å². The molecule has 0 saturated carbocycles. The lowest BCUT2D eigenvalue weighted by atomic mass is 10.1. The third kappa shape index (κ3) is 2.20. The molecule has 0 aliphatic carbocycles. The van der Waals surface area contributed by atoms with Gasteiger partial charge in [-0.05, 0) is 57.6 Å². The summed E-state index contributed by atoms with van der Waals surface area (Å²) < 4.78 is 1.64. The van der Waals surface area contributed by atoms with Gasteiger partial charge in [0, 0.05) is 13.6 Å². The minimum Gasteiger partial charge on any atom is -0.294 e. The lowest BCUT2D eigenvalue weighted by Crippen LogP contribution is -1.94. The topological polar surface area (TPSA) is 17.1 Å². The molecule has 4 heteroatoms. The predicted octanol–water partition coefficient (Wildman–Crippen LogP) is 3.91. The monoisotopic (exact) mass is 358 g/mol. The van der Waals surface area contributed by atoms with Crippen LogP contribution in [0.3, 0.4) is 0 Å². The second kappa shape index (κ2) is 4.07. The van der Waals surface area contributed by atoms with E-state index in [-0.39, 0.29) is 5.78 Å². The average Bonchev–Trinajstić information content (AvgIpc) is 1.96. The number of ketones is 1. The van der Waals surface area contributed by atoms with Crippen molar-refractivity contribution in [3.05, 3.63) is 30.8 Å². The lowest BCUT2D eigenvalue weighted by molar-refractivity contribution is 0.101. The minimum atomic E-state index is 0.0160. The first-order chi connectivity index (χ1) is 5.52. The van der Waals surface area contributed by atoms with Crippen LogP contribution in [0.25, 0.3) is 0 Å². The van der Waals surface area contributed by atoms with Gasteiger partial charge in [-0.3, -0.25) is 4.79 Å². The average molecular weight is 359 g/mol. The molecule has 0 spiro atoms. The van der Waals surface area contributed by atoms with Crippen molar-refractivity contribution in [3.63, 3.8) is 0 Å². The zero-order valence-electron chi connectivity index (χ0n) is 6.20. The summed E-state index contributed by atoms with van der Waals surface area (Å²) in [7, 11) is 0. The van der Waals surface area contributed by atoms with Crippen LogP contribution in [-0.2, 0) is 0 Å². The van der Waals surface area contributed by atoms with Crippen molar-refractivity contribution in [2.75, 3.05) is 0 Å². The van der Waals surface area contributed by atoms with Gasteiger partial charge < -0.3 is 0 Å². The Kier molecular flexibility index (Phi) is 3.55. The Labute approximate surface area is 97.8 Å². The van der Waals surface area contributed by atoms with Crippen molar-refractivity contribution in [3.8, 4) is 0 Å². The molecule has 0 fully saturated rings. The Morgan fingerprint density at radius 2 is 2.17 bits per heavy atom. The van der Waals surface area contributed by atoms with Crippen molar-refractivity contribution < 1.29 is 4.79 Å². The van der Waals surface area contributed by atoms with Crippen LogP contribution in [0.15, 0.2) is 16.6 Å². The minimum absolute atomic E-state index is 0.0160. The van der Waals surface area contributed by atoms with Crippen LogP contribution >= 0.6 is 50.1 Å². The fraction of sp³-hybridized carbons (Fsp3) is 0.125. The number of carbonyl (C=O) groups excluding carboxylic acids is 1. The first-order valence-electron chi connectivity index (χ1n) is 3.18. The molecule has 12 heavy (non-hydrogen) atoms. The first kappa shape index (κ1) is 10.5. The van der Waals surface area contributed by atoms with E-state index in [1.807, 2.05) is 0 Å². The highest BCUT2D eigenvalue weighted by molar-refractivity contribution is 14.1. The lowest BCUT2D eigenvalue weighted by Gasteiger charge is -2.02. The molecule has 1 aromatic carbocycles. The molecular formula is C8H5BrClIO. The zero-order chi connectivity index (χ0) is 9.30. The van der Waals surface area contributed by atoms with Crippen LogP contribution in [0.2, 0.25) is 5.02 Å². The molecule has 0 heterocycles. The van der Waals surface area contributed by atoms with E-state index in [4.69, 9.17) is 11.6 Å². The van der Waals surface area contributed by atoms with E-state index in [0.29, 0.717) is 15.1 Å². The summed E-state index contributed by atoms with van der Waals surface area (Å²) >= 11 is 11.2. The van der Waals surface area contributed by atoms with E-state index in [9.17, 15) is 4.79 Å². The van der Waals surface area contributed by atoms with E-state index >= 15 is 0 Å². The molecule has 0 N–H and O–H groups in total. The summed E-state index contributed by atoms with van der Waals surface area (Å²) in [4.78, 5) is 11.1. The van der Waals surface area contributed by atoms with E-state index in [0.717, 1.165) is 3.57 Å².